The summed E-state index contributed by atoms with van der Waals surface area (Å²) in [6.45, 7) is -0.922. The van der Waals surface area contributed by atoms with E-state index in [-0.39, 0.29) is 31.7 Å². The standard InChI is InChI=1S/C8H14O6S/c9-4-3-7(11)1-2-8(12)15(13,14)6-5-10/h9-10H,1-6H2. The van der Waals surface area contributed by atoms with Crippen molar-refractivity contribution < 1.29 is 28.2 Å². The molecule has 0 aromatic rings. The van der Waals surface area contributed by atoms with Crippen LogP contribution < -0.4 is 0 Å². The Bertz CT molecular complexity index is 318. The number of hydrogen-bond acceptors (Lipinski definition) is 6. The van der Waals surface area contributed by atoms with Crippen molar-refractivity contribution >= 4 is 20.7 Å². The van der Waals surface area contributed by atoms with E-state index in [0.717, 1.165) is 0 Å². The highest BCUT2D eigenvalue weighted by Gasteiger charge is 2.21. The lowest BCUT2D eigenvalue weighted by molar-refractivity contribution is -0.122. The van der Waals surface area contributed by atoms with Crippen molar-refractivity contribution in [3.63, 3.8) is 0 Å². The minimum Gasteiger partial charge on any atom is -0.396 e. The molecule has 0 saturated heterocycles. The zero-order valence-electron chi connectivity index (χ0n) is 8.18. The first-order valence-electron chi connectivity index (χ1n) is 4.43. The Morgan fingerprint density at radius 1 is 0.933 bits per heavy atom. The third-order valence-electron chi connectivity index (χ3n) is 1.71. The van der Waals surface area contributed by atoms with Crippen LogP contribution in [0.3, 0.4) is 0 Å². The summed E-state index contributed by atoms with van der Waals surface area (Å²) in [6.07, 6.45) is -0.654. The van der Waals surface area contributed by atoms with Gasteiger partial charge in [0.1, 0.15) is 5.78 Å². The van der Waals surface area contributed by atoms with Crippen LogP contribution in [0.4, 0.5) is 0 Å². The van der Waals surface area contributed by atoms with Gasteiger partial charge in [0.25, 0.3) is 0 Å². The molecule has 0 aliphatic carbocycles. The van der Waals surface area contributed by atoms with Gasteiger partial charge >= 0.3 is 0 Å². The van der Waals surface area contributed by atoms with E-state index in [1.54, 1.807) is 0 Å². The minimum atomic E-state index is -3.92. The second-order valence-electron chi connectivity index (χ2n) is 2.93. The van der Waals surface area contributed by atoms with E-state index in [1.807, 2.05) is 0 Å². The van der Waals surface area contributed by atoms with Crippen molar-refractivity contribution in [2.24, 2.45) is 0 Å². The highest BCUT2D eigenvalue weighted by atomic mass is 32.2. The van der Waals surface area contributed by atoms with E-state index < -0.39 is 27.3 Å². The monoisotopic (exact) mass is 238 g/mol. The van der Waals surface area contributed by atoms with Crippen LogP contribution in [-0.2, 0) is 19.4 Å². The maximum absolute atomic E-state index is 11.0. The Morgan fingerprint density at radius 3 is 2.00 bits per heavy atom. The van der Waals surface area contributed by atoms with Gasteiger partial charge < -0.3 is 10.2 Å². The number of rotatable bonds is 7. The van der Waals surface area contributed by atoms with Gasteiger partial charge in [-0.15, -0.1) is 0 Å². The molecule has 6 nitrogen and oxygen atoms in total. The summed E-state index contributed by atoms with van der Waals surface area (Å²) in [7, 11) is -3.92. The summed E-state index contributed by atoms with van der Waals surface area (Å²) >= 11 is 0. The van der Waals surface area contributed by atoms with Gasteiger partial charge in [-0.2, -0.15) is 0 Å². The lowest BCUT2D eigenvalue weighted by Crippen LogP contribution is -2.21. The van der Waals surface area contributed by atoms with E-state index in [9.17, 15) is 18.0 Å². The van der Waals surface area contributed by atoms with Gasteiger partial charge in [0.15, 0.2) is 0 Å². The quantitative estimate of drug-likeness (QED) is 0.567. The molecule has 0 rings (SSSR count). The number of carbonyl (C=O) groups is 2. The largest absolute Gasteiger partial charge is 0.396 e. The number of Topliss-reactive ketones (excluding diaryl/α,β-unsaturated/α-hetero) is 1. The molecule has 0 aliphatic heterocycles. The zero-order chi connectivity index (χ0) is 11.9. The smallest absolute Gasteiger partial charge is 0.246 e. The maximum atomic E-state index is 11.0. The third-order valence-corrected chi connectivity index (χ3v) is 3.32. The fraction of sp³-hybridized carbons (Fsp3) is 0.750. The number of sulfone groups is 1. The molecule has 0 amide bonds. The van der Waals surface area contributed by atoms with E-state index in [2.05, 4.69) is 0 Å². The first-order valence-corrected chi connectivity index (χ1v) is 6.08. The number of ketones is 1. The van der Waals surface area contributed by atoms with Gasteiger partial charge in [0.05, 0.1) is 12.4 Å². The fourth-order valence-corrected chi connectivity index (χ4v) is 1.76. The molecule has 0 saturated carbocycles. The molecule has 88 valence electrons. The molecular weight excluding hydrogens is 224 g/mol. The number of aliphatic hydroxyl groups is 2. The summed E-state index contributed by atoms with van der Waals surface area (Å²) in [6, 6.07) is 0. The number of aliphatic hydroxyl groups excluding tert-OH is 2. The van der Waals surface area contributed by atoms with Crippen molar-refractivity contribution in [1.82, 2.24) is 0 Å². The van der Waals surface area contributed by atoms with Gasteiger partial charge in [0, 0.05) is 25.9 Å². The van der Waals surface area contributed by atoms with Gasteiger partial charge in [0.2, 0.25) is 15.0 Å². The maximum Gasteiger partial charge on any atom is 0.246 e. The van der Waals surface area contributed by atoms with E-state index in [1.165, 1.54) is 0 Å². The van der Waals surface area contributed by atoms with Crippen LogP contribution in [0.1, 0.15) is 19.3 Å². The van der Waals surface area contributed by atoms with Crippen LogP contribution in [0.2, 0.25) is 0 Å². The average molecular weight is 238 g/mol. The molecule has 0 spiro atoms. The molecule has 7 heteroatoms. The fourth-order valence-electron chi connectivity index (χ4n) is 0.881. The predicted octanol–water partition coefficient (Wildman–Crippen LogP) is -1.35. The SMILES string of the molecule is O=C(CCO)CCC(=O)S(=O)(=O)CCO. The topological polar surface area (TPSA) is 109 Å². The Morgan fingerprint density at radius 2 is 1.53 bits per heavy atom. The second-order valence-corrected chi connectivity index (χ2v) is 5.02. The van der Waals surface area contributed by atoms with E-state index in [0.29, 0.717) is 0 Å². The Labute approximate surface area is 87.8 Å². The highest BCUT2D eigenvalue weighted by molar-refractivity contribution is 8.06. The summed E-state index contributed by atoms with van der Waals surface area (Å²) < 4.78 is 22.1. The Hall–Kier alpha value is -0.790. The van der Waals surface area contributed by atoms with Gasteiger partial charge in [-0.25, -0.2) is 8.42 Å². The van der Waals surface area contributed by atoms with Crippen molar-refractivity contribution in [2.45, 2.75) is 19.3 Å². The summed E-state index contributed by atoms with van der Waals surface area (Å²) in [5.41, 5.74) is 0. The molecule has 0 heterocycles. The van der Waals surface area contributed by atoms with Crippen LogP contribution in [0.15, 0.2) is 0 Å². The molecule has 0 aliphatic rings. The Balaban J connectivity index is 4.10. The van der Waals surface area contributed by atoms with Crippen LogP contribution in [0, 0.1) is 0 Å². The second kappa shape index (κ2) is 6.65. The lowest BCUT2D eigenvalue weighted by Gasteiger charge is -2.00. The van der Waals surface area contributed by atoms with Gasteiger partial charge in [-0.3, -0.25) is 9.59 Å². The molecule has 0 radical (unpaired) electrons. The number of carbonyl (C=O) groups excluding carboxylic acids is 2. The van der Waals surface area contributed by atoms with Crippen molar-refractivity contribution in [1.29, 1.82) is 0 Å². The van der Waals surface area contributed by atoms with Crippen molar-refractivity contribution in [3.8, 4) is 0 Å². The summed E-state index contributed by atoms with van der Waals surface area (Å²) in [4.78, 5) is 21.9. The first-order chi connectivity index (χ1) is 6.94. The van der Waals surface area contributed by atoms with Crippen molar-refractivity contribution in [2.75, 3.05) is 19.0 Å². The zero-order valence-corrected chi connectivity index (χ0v) is 8.99. The van der Waals surface area contributed by atoms with Gasteiger partial charge in [-0.1, -0.05) is 0 Å². The van der Waals surface area contributed by atoms with Crippen LogP contribution in [-0.4, -0.2) is 48.5 Å². The normalized spacial score (nSPS) is 11.3. The molecule has 0 bridgehead atoms. The molecule has 15 heavy (non-hydrogen) atoms. The first kappa shape index (κ1) is 14.2. The van der Waals surface area contributed by atoms with Crippen LogP contribution >= 0.6 is 0 Å². The van der Waals surface area contributed by atoms with Crippen LogP contribution in [0.25, 0.3) is 0 Å². The van der Waals surface area contributed by atoms with Crippen LogP contribution in [0.5, 0.6) is 0 Å². The lowest BCUT2D eigenvalue weighted by atomic mass is 10.2. The minimum absolute atomic E-state index is 0.0761. The molecule has 0 atom stereocenters. The molecular formula is C8H14O6S. The Kier molecular flexibility index (Phi) is 6.30. The molecule has 2 N–H and O–H groups in total. The summed E-state index contributed by atoms with van der Waals surface area (Å²) in [5.74, 6) is -0.968. The summed E-state index contributed by atoms with van der Waals surface area (Å²) in [5, 5.41) is 15.7. The number of hydrogen-bond donors (Lipinski definition) is 2. The third kappa shape index (κ3) is 5.60. The molecule has 0 aromatic heterocycles. The average Bonchev–Trinajstić information content (AvgIpc) is 2.14. The molecule has 0 unspecified atom stereocenters. The van der Waals surface area contributed by atoms with E-state index >= 15 is 0 Å². The molecule has 0 aromatic carbocycles. The predicted molar refractivity (Wildman–Crippen MR) is 51.8 cm³/mol. The highest BCUT2D eigenvalue weighted by Crippen LogP contribution is 2.02. The van der Waals surface area contributed by atoms with Gasteiger partial charge in [-0.05, 0) is 0 Å². The molecule has 0 fully saturated rings. The van der Waals surface area contributed by atoms with Crippen molar-refractivity contribution in [3.05, 3.63) is 0 Å². The van der Waals surface area contributed by atoms with E-state index in [4.69, 9.17) is 10.2 Å².